The number of halogens is 2. The summed E-state index contributed by atoms with van der Waals surface area (Å²) in [5, 5.41) is 1.69. The van der Waals surface area contributed by atoms with E-state index in [1.54, 1.807) is 24.3 Å². The lowest BCUT2D eigenvalue weighted by molar-refractivity contribution is 0.0480. The SMILES string of the molecule is O=C(COC(=O)c1sc2ccccc2c1Cl)c1ccc(Cl)cc1. The second-order valence-electron chi connectivity index (χ2n) is 4.75. The standard InChI is InChI=1S/C17H10Cl2O3S/c18-11-7-5-10(6-8-11)13(20)9-22-17(21)16-15(19)12-3-1-2-4-14(12)23-16/h1-8H,9H2. The van der Waals surface area contributed by atoms with Crippen LogP contribution in [0.4, 0.5) is 0 Å². The molecular weight excluding hydrogens is 355 g/mol. The number of ketones is 1. The largest absolute Gasteiger partial charge is 0.453 e. The van der Waals surface area contributed by atoms with E-state index in [9.17, 15) is 9.59 Å². The van der Waals surface area contributed by atoms with Crippen LogP contribution < -0.4 is 0 Å². The second-order valence-corrected chi connectivity index (χ2v) is 6.61. The molecule has 0 radical (unpaired) electrons. The Hall–Kier alpha value is -1.88. The zero-order valence-electron chi connectivity index (χ0n) is 11.7. The van der Waals surface area contributed by atoms with Gasteiger partial charge < -0.3 is 4.74 Å². The Morgan fingerprint density at radius 2 is 1.70 bits per heavy atom. The predicted octanol–water partition coefficient (Wildman–Crippen LogP) is 5.25. The maximum atomic E-state index is 12.2. The molecule has 0 amide bonds. The zero-order valence-corrected chi connectivity index (χ0v) is 14.0. The van der Waals surface area contributed by atoms with Gasteiger partial charge in [0.2, 0.25) is 0 Å². The first kappa shape index (κ1) is 16.0. The van der Waals surface area contributed by atoms with E-state index in [0.717, 1.165) is 10.1 Å². The molecule has 0 aliphatic carbocycles. The number of esters is 1. The Kier molecular flexibility index (Phi) is 4.66. The summed E-state index contributed by atoms with van der Waals surface area (Å²) in [6.07, 6.45) is 0. The molecule has 3 nitrogen and oxygen atoms in total. The summed E-state index contributed by atoms with van der Waals surface area (Å²) < 4.78 is 5.99. The molecule has 1 heterocycles. The van der Waals surface area contributed by atoms with Crippen LogP contribution >= 0.6 is 34.5 Å². The van der Waals surface area contributed by atoms with Crippen LogP contribution in [0.15, 0.2) is 48.5 Å². The highest BCUT2D eigenvalue weighted by molar-refractivity contribution is 7.21. The van der Waals surface area contributed by atoms with Crippen molar-refractivity contribution in [1.82, 2.24) is 0 Å². The number of carbonyl (C=O) groups excluding carboxylic acids is 2. The van der Waals surface area contributed by atoms with E-state index < -0.39 is 5.97 Å². The van der Waals surface area contributed by atoms with Crippen molar-refractivity contribution in [2.75, 3.05) is 6.61 Å². The molecule has 2 aromatic carbocycles. The molecule has 3 aromatic rings. The molecule has 0 aliphatic heterocycles. The second kappa shape index (κ2) is 6.71. The molecule has 0 bridgehead atoms. The van der Waals surface area contributed by atoms with Crippen molar-refractivity contribution >= 4 is 56.4 Å². The summed E-state index contributed by atoms with van der Waals surface area (Å²) in [6, 6.07) is 13.8. The van der Waals surface area contributed by atoms with E-state index in [1.165, 1.54) is 11.3 Å². The Bertz CT molecular complexity index is 884. The molecule has 23 heavy (non-hydrogen) atoms. The normalized spacial score (nSPS) is 10.7. The van der Waals surface area contributed by atoms with E-state index in [-0.39, 0.29) is 12.4 Å². The maximum absolute atomic E-state index is 12.2. The molecule has 0 saturated heterocycles. The molecule has 0 aliphatic rings. The minimum absolute atomic E-state index is 0.299. The lowest BCUT2D eigenvalue weighted by atomic mass is 10.1. The molecule has 1 aromatic heterocycles. The highest BCUT2D eigenvalue weighted by atomic mass is 35.5. The van der Waals surface area contributed by atoms with Gasteiger partial charge >= 0.3 is 5.97 Å². The number of thiophene rings is 1. The van der Waals surface area contributed by atoms with Gasteiger partial charge in [0.15, 0.2) is 12.4 Å². The highest BCUT2D eigenvalue weighted by Crippen LogP contribution is 2.35. The summed E-state index contributed by atoms with van der Waals surface area (Å²) in [7, 11) is 0. The number of hydrogen-bond donors (Lipinski definition) is 0. The first-order chi connectivity index (χ1) is 11.1. The molecule has 0 N–H and O–H groups in total. The van der Waals surface area contributed by atoms with Gasteiger partial charge in [-0.05, 0) is 30.3 Å². The molecule has 3 rings (SSSR count). The molecule has 0 fully saturated rings. The van der Waals surface area contributed by atoms with Crippen LogP contribution in [0.25, 0.3) is 10.1 Å². The van der Waals surface area contributed by atoms with E-state index in [0.29, 0.717) is 20.5 Å². The van der Waals surface area contributed by atoms with Gasteiger partial charge in [-0.2, -0.15) is 0 Å². The van der Waals surface area contributed by atoms with Gasteiger partial charge in [-0.25, -0.2) is 4.79 Å². The number of Topliss-reactive ketones (excluding diaryl/α,β-unsaturated/α-hetero) is 1. The molecule has 116 valence electrons. The average molecular weight is 365 g/mol. The fourth-order valence-corrected chi connectivity index (χ4v) is 3.59. The van der Waals surface area contributed by atoms with Crippen LogP contribution in [0, 0.1) is 0 Å². The third kappa shape index (κ3) is 3.39. The zero-order chi connectivity index (χ0) is 16.4. The highest BCUT2D eigenvalue weighted by Gasteiger charge is 2.19. The van der Waals surface area contributed by atoms with Crippen LogP contribution in [0.5, 0.6) is 0 Å². The Balaban J connectivity index is 1.72. The van der Waals surface area contributed by atoms with E-state index >= 15 is 0 Å². The van der Waals surface area contributed by atoms with Gasteiger partial charge in [0.05, 0.1) is 5.02 Å². The summed E-state index contributed by atoms with van der Waals surface area (Å²) in [5.74, 6) is -0.897. The van der Waals surface area contributed by atoms with Gasteiger partial charge in [0.1, 0.15) is 4.88 Å². The fraction of sp³-hybridized carbons (Fsp3) is 0.0588. The third-order valence-electron chi connectivity index (χ3n) is 3.22. The molecule has 0 saturated carbocycles. The average Bonchev–Trinajstić information content (AvgIpc) is 2.90. The van der Waals surface area contributed by atoms with Gasteiger partial charge in [-0.15, -0.1) is 11.3 Å². The number of rotatable bonds is 4. The Labute approximate surface area is 146 Å². The first-order valence-corrected chi connectivity index (χ1v) is 8.26. The number of carbonyl (C=O) groups is 2. The van der Waals surface area contributed by atoms with Crippen molar-refractivity contribution in [3.63, 3.8) is 0 Å². The summed E-state index contributed by atoms with van der Waals surface area (Å²) in [5.41, 5.74) is 0.435. The van der Waals surface area contributed by atoms with Gasteiger partial charge in [-0.3, -0.25) is 4.79 Å². The van der Waals surface area contributed by atoms with Crippen molar-refractivity contribution < 1.29 is 14.3 Å². The topological polar surface area (TPSA) is 43.4 Å². The Morgan fingerprint density at radius 3 is 2.39 bits per heavy atom. The van der Waals surface area contributed by atoms with Crippen molar-refractivity contribution in [3.8, 4) is 0 Å². The smallest absolute Gasteiger partial charge is 0.350 e. The lowest BCUT2D eigenvalue weighted by Gasteiger charge is -2.03. The third-order valence-corrected chi connectivity index (χ3v) is 5.13. The quantitative estimate of drug-likeness (QED) is 0.469. The molecule has 0 spiro atoms. The molecule has 0 atom stereocenters. The van der Waals surface area contributed by atoms with Gasteiger partial charge in [0, 0.05) is 20.7 Å². The van der Waals surface area contributed by atoms with E-state index in [4.69, 9.17) is 27.9 Å². The van der Waals surface area contributed by atoms with E-state index in [1.807, 2.05) is 24.3 Å². The molecule has 0 unspecified atom stereocenters. The van der Waals surface area contributed by atoms with Crippen molar-refractivity contribution in [2.24, 2.45) is 0 Å². The Morgan fingerprint density at radius 1 is 1.00 bits per heavy atom. The van der Waals surface area contributed by atoms with Gasteiger partial charge in [-0.1, -0.05) is 41.4 Å². The van der Waals surface area contributed by atoms with Crippen molar-refractivity contribution in [3.05, 3.63) is 69.0 Å². The predicted molar refractivity (Wildman–Crippen MR) is 92.9 cm³/mol. The summed E-state index contributed by atoms with van der Waals surface area (Å²) in [4.78, 5) is 24.5. The van der Waals surface area contributed by atoms with Crippen LogP contribution in [-0.4, -0.2) is 18.4 Å². The van der Waals surface area contributed by atoms with E-state index in [2.05, 4.69) is 0 Å². The monoisotopic (exact) mass is 364 g/mol. The number of benzene rings is 2. The maximum Gasteiger partial charge on any atom is 0.350 e. The van der Waals surface area contributed by atoms with Crippen LogP contribution in [-0.2, 0) is 4.74 Å². The fourth-order valence-electron chi connectivity index (χ4n) is 2.06. The molecular formula is C17H10Cl2O3S. The summed E-state index contributed by atoms with van der Waals surface area (Å²) in [6.45, 7) is -0.342. The number of ether oxygens (including phenoxy) is 1. The first-order valence-electron chi connectivity index (χ1n) is 6.69. The van der Waals surface area contributed by atoms with Crippen LogP contribution in [0.2, 0.25) is 10.0 Å². The van der Waals surface area contributed by atoms with Crippen molar-refractivity contribution in [1.29, 1.82) is 0 Å². The number of fused-ring (bicyclic) bond motifs is 1. The summed E-state index contributed by atoms with van der Waals surface area (Å²) >= 11 is 13.2. The number of hydrogen-bond acceptors (Lipinski definition) is 4. The molecule has 6 heteroatoms. The van der Waals surface area contributed by atoms with Crippen LogP contribution in [0.1, 0.15) is 20.0 Å². The van der Waals surface area contributed by atoms with Crippen LogP contribution in [0.3, 0.4) is 0 Å². The van der Waals surface area contributed by atoms with Crippen molar-refractivity contribution in [2.45, 2.75) is 0 Å². The minimum Gasteiger partial charge on any atom is -0.453 e. The minimum atomic E-state index is -0.599. The lowest BCUT2D eigenvalue weighted by Crippen LogP contribution is -2.13. The van der Waals surface area contributed by atoms with Gasteiger partial charge in [0.25, 0.3) is 0 Å².